The number of nitro groups is 1. The number of carbonyl (C=O) groups is 2. The fourth-order valence-corrected chi connectivity index (χ4v) is 2.87. The van der Waals surface area contributed by atoms with Crippen LogP contribution in [0.2, 0.25) is 0 Å². The van der Waals surface area contributed by atoms with E-state index in [0.29, 0.717) is 22.5 Å². The van der Waals surface area contributed by atoms with E-state index in [2.05, 4.69) is 15.8 Å². The molecule has 3 rings (SSSR count). The highest BCUT2D eigenvalue weighted by Gasteiger charge is 2.20. The van der Waals surface area contributed by atoms with Gasteiger partial charge in [-0.2, -0.15) is 5.10 Å². The van der Waals surface area contributed by atoms with Crippen molar-refractivity contribution in [2.75, 3.05) is 5.32 Å². The van der Waals surface area contributed by atoms with Gasteiger partial charge in [0.05, 0.1) is 10.6 Å². The number of rotatable bonds is 8. The van der Waals surface area contributed by atoms with Gasteiger partial charge in [0.1, 0.15) is 5.82 Å². The summed E-state index contributed by atoms with van der Waals surface area (Å²) in [4.78, 5) is 35.2. The normalized spacial score (nSPS) is 11.9. The van der Waals surface area contributed by atoms with E-state index in [1.165, 1.54) is 49.4 Å². The molecule has 10 heteroatoms. The van der Waals surface area contributed by atoms with E-state index in [-0.39, 0.29) is 11.4 Å². The van der Waals surface area contributed by atoms with Crippen molar-refractivity contribution in [1.82, 2.24) is 5.43 Å². The van der Waals surface area contributed by atoms with Gasteiger partial charge in [-0.05, 0) is 61.9 Å². The third-order valence-electron chi connectivity index (χ3n) is 4.71. The van der Waals surface area contributed by atoms with E-state index in [9.17, 15) is 24.1 Å². The fraction of sp³-hybridized carbons (Fsp3) is 0.125. The summed E-state index contributed by atoms with van der Waals surface area (Å²) in [6.45, 7) is 3.11. The van der Waals surface area contributed by atoms with Gasteiger partial charge >= 0.3 is 5.69 Å². The molecule has 3 aromatic rings. The van der Waals surface area contributed by atoms with Gasteiger partial charge in [0.15, 0.2) is 11.9 Å². The number of benzene rings is 3. The molecule has 9 nitrogen and oxygen atoms in total. The number of anilines is 1. The first-order valence-corrected chi connectivity index (χ1v) is 10.2. The van der Waals surface area contributed by atoms with Crippen LogP contribution < -0.4 is 15.5 Å². The van der Waals surface area contributed by atoms with Crippen LogP contribution in [0.3, 0.4) is 0 Å². The van der Waals surface area contributed by atoms with E-state index < -0.39 is 28.7 Å². The zero-order chi connectivity index (χ0) is 24.7. The lowest BCUT2D eigenvalue weighted by Gasteiger charge is -2.13. The maximum absolute atomic E-state index is 13.0. The summed E-state index contributed by atoms with van der Waals surface area (Å²) in [6, 6.07) is 17.7. The van der Waals surface area contributed by atoms with Crippen LogP contribution in [0.5, 0.6) is 5.75 Å². The average molecular weight is 464 g/mol. The predicted octanol–water partition coefficient (Wildman–Crippen LogP) is 4.29. The summed E-state index contributed by atoms with van der Waals surface area (Å²) in [5, 5.41) is 17.9. The maximum atomic E-state index is 13.0. The smallest absolute Gasteiger partial charge is 0.310 e. The highest BCUT2D eigenvalue weighted by molar-refractivity contribution is 6.05. The number of nitrogens with zero attached hydrogens (tertiary/aromatic N) is 2. The number of halogens is 1. The van der Waals surface area contributed by atoms with Gasteiger partial charge in [0.25, 0.3) is 11.8 Å². The van der Waals surface area contributed by atoms with Crippen LogP contribution in [0, 0.1) is 15.9 Å². The molecule has 0 fully saturated rings. The lowest BCUT2D eigenvalue weighted by molar-refractivity contribution is -0.386. The van der Waals surface area contributed by atoms with Crippen molar-refractivity contribution in [3.8, 4) is 5.75 Å². The third-order valence-corrected chi connectivity index (χ3v) is 4.71. The number of amides is 2. The first-order valence-electron chi connectivity index (χ1n) is 10.2. The van der Waals surface area contributed by atoms with E-state index in [1.807, 2.05) is 0 Å². The number of carbonyl (C=O) groups excluding carboxylic acids is 2. The van der Waals surface area contributed by atoms with Crippen LogP contribution in [0.25, 0.3) is 0 Å². The molecule has 0 aliphatic heterocycles. The summed E-state index contributed by atoms with van der Waals surface area (Å²) in [5.74, 6) is -1.46. The van der Waals surface area contributed by atoms with Crippen molar-refractivity contribution in [3.05, 3.63) is 99.9 Å². The molecule has 0 aliphatic rings. The molecule has 174 valence electrons. The standard InChI is InChI=1S/C24H21FN4O5/c1-15(27-28-23(30)16(2)34-22-9-4-3-8-21(22)29(32)33)18-6-5-7-20(14-18)26-24(31)17-10-12-19(25)13-11-17/h3-14,16H,1-2H3,(H,26,31)(H,28,30)/b27-15-/t16-/m1/s1. The summed E-state index contributed by atoms with van der Waals surface area (Å²) in [5.41, 5.74) is 3.99. The van der Waals surface area contributed by atoms with Gasteiger partial charge in [-0.3, -0.25) is 19.7 Å². The number of nitrogens with one attached hydrogen (secondary N) is 2. The Balaban J connectivity index is 1.63. The summed E-state index contributed by atoms with van der Waals surface area (Å²) in [7, 11) is 0. The molecule has 2 amide bonds. The molecule has 0 heterocycles. The predicted molar refractivity (Wildman–Crippen MR) is 124 cm³/mol. The van der Waals surface area contributed by atoms with Gasteiger partial charge in [-0.25, -0.2) is 9.82 Å². The van der Waals surface area contributed by atoms with Crippen LogP contribution in [0.4, 0.5) is 15.8 Å². The molecule has 0 saturated heterocycles. The van der Waals surface area contributed by atoms with Gasteiger partial charge < -0.3 is 10.1 Å². The minimum atomic E-state index is -1.04. The molecule has 0 aliphatic carbocycles. The second-order valence-corrected chi connectivity index (χ2v) is 7.20. The minimum absolute atomic E-state index is 0.0274. The minimum Gasteiger partial charge on any atom is -0.474 e. The van der Waals surface area contributed by atoms with E-state index in [1.54, 1.807) is 37.3 Å². The molecule has 0 saturated carbocycles. The highest BCUT2D eigenvalue weighted by Crippen LogP contribution is 2.26. The second kappa shape index (κ2) is 10.8. The Kier molecular flexibility index (Phi) is 7.65. The van der Waals surface area contributed by atoms with Crippen molar-refractivity contribution in [2.24, 2.45) is 5.10 Å². The van der Waals surface area contributed by atoms with Crippen molar-refractivity contribution in [1.29, 1.82) is 0 Å². The third kappa shape index (κ3) is 6.22. The van der Waals surface area contributed by atoms with Crippen molar-refractivity contribution < 1.29 is 23.6 Å². The fourth-order valence-electron chi connectivity index (χ4n) is 2.87. The molecular weight excluding hydrogens is 443 g/mol. The topological polar surface area (TPSA) is 123 Å². The van der Waals surface area contributed by atoms with E-state index in [0.717, 1.165) is 0 Å². The Morgan fingerprint density at radius 2 is 1.74 bits per heavy atom. The molecule has 0 bridgehead atoms. The highest BCUT2D eigenvalue weighted by atomic mass is 19.1. The first kappa shape index (κ1) is 24.1. The lowest BCUT2D eigenvalue weighted by Crippen LogP contribution is -2.34. The average Bonchev–Trinajstić information content (AvgIpc) is 2.83. The van der Waals surface area contributed by atoms with Crippen LogP contribution >= 0.6 is 0 Å². The first-order chi connectivity index (χ1) is 16.2. The lowest BCUT2D eigenvalue weighted by atomic mass is 10.1. The van der Waals surface area contributed by atoms with Crippen molar-refractivity contribution in [2.45, 2.75) is 20.0 Å². The van der Waals surface area contributed by atoms with E-state index in [4.69, 9.17) is 4.74 Å². The summed E-state index contributed by atoms with van der Waals surface area (Å²) >= 11 is 0. The van der Waals surface area contributed by atoms with Crippen molar-refractivity contribution >= 4 is 28.9 Å². The Hall–Kier alpha value is -4.60. The summed E-state index contributed by atoms with van der Waals surface area (Å²) < 4.78 is 18.5. The van der Waals surface area contributed by atoms with Gasteiger partial charge in [0.2, 0.25) is 0 Å². The van der Waals surface area contributed by atoms with Gasteiger partial charge in [-0.15, -0.1) is 0 Å². The van der Waals surface area contributed by atoms with Crippen LogP contribution in [0.15, 0.2) is 77.9 Å². The monoisotopic (exact) mass is 464 g/mol. The SMILES string of the molecule is C/C(=N/NC(=O)[C@@H](C)Oc1ccccc1[N+](=O)[O-])c1cccc(NC(=O)c2ccc(F)cc2)c1. The Morgan fingerprint density at radius 1 is 1.03 bits per heavy atom. The van der Waals surface area contributed by atoms with Crippen LogP contribution in [0.1, 0.15) is 29.8 Å². The molecule has 2 N–H and O–H groups in total. The number of para-hydroxylation sites is 2. The number of hydrazone groups is 1. The molecule has 0 radical (unpaired) electrons. The Bertz CT molecular complexity index is 1240. The maximum Gasteiger partial charge on any atom is 0.310 e. The molecule has 34 heavy (non-hydrogen) atoms. The molecular formula is C24H21FN4O5. The number of nitro benzene ring substituents is 1. The second-order valence-electron chi connectivity index (χ2n) is 7.20. The summed E-state index contributed by atoms with van der Waals surface area (Å²) in [6.07, 6.45) is -1.04. The molecule has 0 spiro atoms. The molecule has 0 unspecified atom stereocenters. The number of hydrogen-bond acceptors (Lipinski definition) is 6. The number of hydrogen-bond donors (Lipinski definition) is 2. The van der Waals surface area contributed by atoms with E-state index >= 15 is 0 Å². The quantitative estimate of drug-likeness (QED) is 0.292. The Labute approximate surface area is 194 Å². The molecule has 3 aromatic carbocycles. The Morgan fingerprint density at radius 3 is 2.44 bits per heavy atom. The zero-order valence-corrected chi connectivity index (χ0v) is 18.3. The van der Waals surface area contributed by atoms with Crippen LogP contribution in [-0.2, 0) is 4.79 Å². The van der Waals surface area contributed by atoms with Gasteiger partial charge in [0, 0.05) is 17.3 Å². The molecule has 1 atom stereocenters. The van der Waals surface area contributed by atoms with Crippen molar-refractivity contribution in [3.63, 3.8) is 0 Å². The number of ether oxygens (including phenoxy) is 1. The molecule has 0 aromatic heterocycles. The van der Waals surface area contributed by atoms with Crippen LogP contribution in [-0.4, -0.2) is 28.6 Å². The zero-order valence-electron chi connectivity index (χ0n) is 18.3. The largest absolute Gasteiger partial charge is 0.474 e. The van der Waals surface area contributed by atoms with Gasteiger partial charge in [-0.1, -0.05) is 24.3 Å².